The lowest BCUT2D eigenvalue weighted by Gasteiger charge is -2.11. The van der Waals surface area contributed by atoms with Crippen molar-refractivity contribution in [2.75, 3.05) is 11.1 Å². The standard InChI is InChI=1S/C17H16N2/c1-12-5-4-8-16(17(12)18)19-15-10-9-13-6-2-3-7-14(13)11-15/h2-11,19H,18H2,1H3. The summed E-state index contributed by atoms with van der Waals surface area (Å²) < 4.78 is 0. The molecule has 2 heteroatoms. The van der Waals surface area contributed by atoms with E-state index in [0.29, 0.717) is 0 Å². The number of hydrogen-bond acceptors (Lipinski definition) is 2. The smallest absolute Gasteiger partial charge is 0.0620 e. The monoisotopic (exact) mass is 248 g/mol. The normalized spacial score (nSPS) is 10.6. The first-order valence-corrected chi connectivity index (χ1v) is 6.35. The largest absolute Gasteiger partial charge is 0.397 e. The van der Waals surface area contributed by atoms with Crippen LogP contribution in [0, 0.1) is 6.92 Å². The maximum Gasteiger partial charge on any atom is 0.0620 e. The topological polar surface area (TPSA) is 38.0 Å². The summed E-state index contributed by atoms with van der Waals surface area (Å²) in [6, 6.07) is 20.7. The lowest BCUT2D eigenvalue weighted by molar-refractivity contribution is 1.45. The van der Waals surface area contributed by atoms with Crippen LogP contribution in [0.15, 0.2) is 60.7 Å². The van der Waals surface area contributed by atoms with Crippen molar-refractivity contribution in [2.45, 2.75) is 6.92 Å². The van der Waals surface area contributed by atoms with Gasteiger partial charge in [0.05, 0.1) is 11.4 Å². The number of nitrogen functional groups attached to an aromatic ring is 1. The van der Waals surface area contributed by atoms with E-state index in [-0.39, 0.29) is 0 Å². The van der Waals surface area contributed by atoms with E-state index in [1.54, 1.807) is 0 Å². The fourth-order valence-corrected chi connectivity index (χ4v) is 2.21. The van der Waals surface area contributed by atoms with E-state index in [4.69, 9.17) is 5.73 Å². The van der Waals surface area contributed by atoms with Gasteiger partial charge in [0, 0.05) is 5.69 Å². The molecule has 0 saturated heterocycles. The number of para-hydroxylation sites is 1. The second-order valence-corrected chi connectivity index (χ2v) is 4.72. The highest BCUT2D eigenvalue weighted by Crippen LogP contribution is 2.27. The Morgan fingerprint density at radius 2 is 1.63 bits per heavy atom. The predicted octanol–water partition coefficient (Wildman–Crippen LogP) is 4.47. The van der Waals surface area contributed by atoms with Crippen molar-refractivity contribution in [2.24, 2.45) is 0 Å². The first-order chi connectivity index (χ1) is 9.24. The number of anilines is 3. The van der Waals surface area contributed by atoms with Gasteiger partial charge in [-0.2, -0.15) is 0 Å². The Labute approximate surface area is 112 Å². The summed E-state index contributed by atoms with van der Waals surface area (Å²) in [5.41, 5.74) is 9.98. The van der Waals surface area contributed by atoms with E-state index in [9.17, 15) is 0 Å². The third-order valence-electron chi connectivity index (χ3n) is 3.35. The lowest BCUT2D eigenvalue weighted by atomic mass is 10.1. The second kappa shape index (κ2) is 4.65. The maximum atomic E-state index is 6.08. The summed E-state index contributed by atoms with van der Waals surface area (Å²) in [7, 11) is 0. The van der Waals surface area contributed by atoms with Gasteiger partial charge in [-0.3, -0.25) is 0 Å². The predicted molar refractivity (Wildman–Crippen MR) is 82.8 cm³/mol. The molecular formula is C17H16N2. The number of aryl methyl sites for hydroxylation is 1. The molecule has 0 bridgehead atoms. The molecule has 2 nitrogen and oxygen atoms in total. The molecule has 19 heavy (non-hydrogen) atoms. The summed E-state index contributed by atoms with van der Waals surface area (Å²) in [6.07, 6.45) is 0. The van der Waals surface area contributed by atoms with Crippen LogP contribution in [0.5, 0.6) is 0 Å². The van der Waals surface area contributed by atoms with Crippen LogP contribution in [0.2, 0.25) is 0 Å². The Hall–Kier alpha value is -2.48. The molecule has 0 amide bonds. The lowest BCUT2D eigenvalue weighted by Crippen LogP contribution is -1.98. The molecule has 0 saturated carbocycles. The van der Waals surface area contributed by atoms with E-state index in [2.05, 4.69) is 35.6 Å². The molecule has 0 spiro atoms. The Balaban J connectivity index is 1.99. The van der Waals surface area contributed by atoms with Crippen molar-refractivity contribution in [3.05, 3.63) is 66.2 Å². The summed E-state index contributed by atoms with van der Waals surface area (Å²) in [6.45, 7) is 2.01. The molecule has 0 aliphatic heterocycles. The van der Waals surface area contributed by atoms with E-state index in [1.165, 1.54) is 10.8 Å². The van der Waals surface area contributed by atoms with Gasteiger partial charge in [-0.1, -0.05) is 42.5 Å². The van der Waals surface area contributed by atoms with Gasteiger partial charge in [-0.25, -0.2) is 0 Å². The molecule has 0 aromatic heterocycles. The van der Waals surface area contributed by atoms with Gasteiger partial charge >= 0.3 is 0 Å². The van der Waals surface area contributed by atoms with Gasteiger partial charge in [-0.05, 0) is 41.5 Å². The zero-order chi connectivity index (χ0) is 13.2. The molecule has 0 atom stereocenters. The second-order valence-electron chi connectivity index (χ2n) is 4.72. The van der Waals surface area contributed by atoms with Gasteiger partial charge in [0.2, 0.25) is 0 Å². The Morgan fingerprint density at radius 3 is 2.47 bits per heavy atom. The van der Waals surface area contributed by atoms with Gasteiger partial charge in [-0.15, -0.1) is 0 Å². The first kappa shape index (κ1) is 11.6. The van der Waals surface area contributed by atoms with Crippen molar-refractivity contribution in [1.29, 1.82) is 0 Å². The highest BCUT2D eigenvalue weighted by molar-refractivity contribution is 5.87. The van der Waals surface area contributed by atoms with Crippen LogP contribution < -0.4 is 11.1 Å². The Bertz CT molecular complexity index is 732. The third kappa shape index (κ3) is 2.25. The number of benzene rings is 3. The van der Waals surface area contributed by atoms with E-state index >= 15 is 0 Å². The molecule has 0 radical (unpaired) electrons. The van der Waals surface area contributed by atoms with Gasteiger partial charge in [0.15, 0.2) is 0 Å². The molecule has 0 aliphatic carbocycles. The average Bonchev–Trinajstić information content (AvgIpc) is 2.44. The minimum absolute atomic E-state index is 0.802. The fraction of sp³-hybridized carbons (Fsp3) is 0.0588. The van der Waals surface area contributed by atoms with Crippen molar-refractivity contribution in [1.82, 2.24) is 0 Å². The first-order valence-electron chi connectivity index (χ1n) is 6.35. The molecule has 0 fully saturated rings. The summed E-state index contributed by atoms with van der Waals surface area (Å²) >= 11 is 0. The molecule has 3 rings (SSSR count). The molecule has 0 aliphatic rings. The van der Waals surface area contributed by atoms with Crippen LogP contribution in [0.1, 0.15) is 5.56 Å². The van der Waals surface area contributed by atoms with Gasteiger partial charge in [0.25, 0.3) is 0 Å². The molecule has 3 aromatic carbocycles. The molecular weight excluding hydrogens is 232 g/mol. The summed E-state index contributed by atoms with van der Waals surface area (Å²) in [5.74, 6) is 0. The van der Waals surface area contributed by atoms with Crippen molar-refractivity contribution in [3.8, 4) is 0 Å². The molecule has 3 N–H and O–H groups in total. The van der Waals surface area contributed by atoms with Crippen molar-refractivity contribution < 1.29 is 0 Å². The van der Waals surface area contributed by atoms with Crippen LogP contribution >= 0.6 is 0 Å². The van der Waals surface area contributed by atoms with E-state index in [1.807, 2.05) is 37.3 Å². The molecule has 3 aromatic rings. The minimum atomic E-state index is 0.802. The zero-order valence-electron chi connectivity index (χ0n) is 10.9. The average molecular weight is 248 g/mol. The Kier molecular flexibility index (Phi) is 2.84. The SMILES string of the molecule is Cc1cccc(Nc2ccc3ccccc3c2)c1N. The van der Waals surface area contributed by atoms with Crippen LogP contribution in [-0.4, -0.2) is 0 Å². The van der Waals surface area contributed by atoms with Gasteiger partial charge in [0.1, 0.15) is 0 Å². The zero-order valence-corrected chi connectivity index (χ0v) is 10.9. The van der Waals surface area contributed by atoms with Crippen LogP contribution in [0.4, 0.5) is 17.1 Å². The number of fused-ring (bicyclic) bond motifs is 1. The third-order valence-corrected chi connectivity index (χ3v) is 3.35. The van der Waals surface area contributed by atoms with E-state index in [0.717, 1.165) is 22.6 Å². The number of nitrogens with one attached hydrogen (secondary N) is 1. The Morgan fingerprint density at radius 1 is 0.842 bits per heavy atom. The summed E-state index contributed by atoms with van der Waals surface area (Å²) in [5, 5.41) is 5.84. The molecule has 0 heterocycles. The van der Waals surface area contributed by atoms with Crippen molar-refractivity contribution in [3.63, 3.8) is 0 Å². The highest BCUT2D eigenvalue weighted by Gasteiger charge is 2.02. The van der Waals surface area contributed by atoms with Crippen LogP contribution in [0.3, 0.4) is 0 Å². The quantitative estimate of drug-likeness (QED) is 0.656. The van der Waals surface area contributed by atoms with Crippen molar-refractivity contribution >= 4 is 27.8 Å². The summed E-state index contributed by atoms with van der Waals surface area (Å²) in [4.78, 5) is 0. The van der Waals surface area contributed by atoms with Gasteiger partial charge < -0.3 is 11.1 Å². The fourth-order valence-electron chi connectivity index (χ4n) is 2.21. The van der Waals surface area contributed by atoms with Crippen LogP contribution in [0.25, 0.3) is 10.8 Å². The van der Waals surface area contributed by atoms with Crippen LogP contribution in [-0.2, 0) is 0 Å². The number of rotatable bonds is 2. The van der Waals surface area contributed by atoms with E-state index < -0.39 is 0 Å². The minimum Gasteiger partial charge on any atom is -0.397 e. The highest BCUT2D eigenvalue weighted by atomic mass is 14.9. The molecule has 0 unspecified atom stereocenters. The molecule has 94 valence electrons. The number of nitrogens with two attached hydrogens (primary N) is 1. The number of hydrogen-bond donors (Lipinski definition) is 2. The maximum absolute atomic E-state index is 6.08.